The second-order valence-electron chi connectivity index (χ2n) is 6.48. The number of rotatable bonds is 4. The highest BCUT2D eigenvalue weighted by atomic mass is 16.5. The molecule has 0 saturated heterocycles. The Labute approximate surface area is 147 Å². The molecule has 2 aliphatic carbocycles. The molecule has 4 heteroatoms. The van der Waals surface area contributed by atoms with E-state index in [2.05, 4.69) is 0 Å². The standard InChI is InChI=1S/C21H22O4/c1-3-25-20(24)17-12-16(13-22)21(10-9-14(2)11-18(21)23)19(17)15-7-5-4-6-8-15/h4-11,16,22H,3,12-13H2,1-2H3/t16-,21-/m1/s1. The molecule has 2 atom stereocenters. The Hall–Kier alpha value is -2.46. The van der Waals surface area contributed by atoms with Crippen molar-refractivity contribution in [2.24, 2.45) is 11.3 Å². The van der Waals surface area contributed by atoms with Crippen LogP contribution in [0.1, 0.15) is 25.8 Å². The molecule has 4 nitrogen and oxygen atoms in total. The number of ether oxygens (including phenoxy) is 1. The lowest BCUT2D eigenvalue weighted by atomic mass is 9.66. The summed E-state index contributed by atoms with van der Waals surface area (Å²) in [5.74, 6) is -0.885. The van der Waals surface area contributed by atoms with E-state index in [1.54, 1.807) is 13.0 Å². The lowest BCUT2D eigenvalue weighted by Crippen LogP contribution is -2.37. The highest BCUT2D eigenvalue weighted by Gasteiger charge is 2.53. The topological polar surface area (TPSA) is 63.6 Å². The Kier molecular flexibility index (Phi) is 4.73. The number of allylic oxidation sites excluding steroid dienone is 5. The van der Waals surface area contributed by atoms with Crippen LogP contribution in [0.5, 0.6) is 0 Å². The van der Waals surface area contributed by atoms with Gasteiger partial charge in [0.05, 0.1) is 12.0 Å². The van der Waals surface area contributed by atoms with Crippen LogP contribution in [-0.4, -0.2) is 30.1 Å². The Balaban J connectivity index is 2.25. The van der Waals surface area contributed by atoms with E-state index in [4.69, 9.17) is 4.74 Å². The van der Waals surface area contributed by atoms with Crippen molar-refractivity contribution in [3.63, 3.8) is 0 Å². The smallest absolute Gasteiger partial charge is 0.334 e. The summed E-state index contributed by atoms with van der Waals surface area (Å²) >= 11 is 0. The first kappa shape index (κ1) is 17.4. The highest BCUT2D eigenvalue weighted by molar-refractivity contribution is 6.14. The first-order chi connectivity index (χ1) is 12.0. The van der Waals surface area contributed by atoms with Gasteiger partial charge in [0, 0.05) is 18.1 Å². The lowest BCUT2D eigenvalue weighted by molar-refractivity contribution is -0.138. The minimum atomic E-state index is -1.02. The third-order valence-corrected chi connectivity index (χ3v) is 4.99. The van der Waals surface area contributed by atoms with Gasteiger partial charge in [-0.3, -0.25) is 4.79 Å². The molecule has 0 radical (unpaired) electrons. The van der Waals surface area contributed by atoms with Gasteiger partial charge in [-0.05, 0) is 43.1 Å². The van der Waals surface area contributed by atoms with Crippen molar-refractivity contribution in [2.75, 3.05) is 13.2 Å². The fourth-order valence-corrected chi connectivity index (χ4v) is 3.86. The van der Waals surface area contributed by atoms with Gasteiger partial charge in [-0.1, -0.05) is 42.5 Å². The average molecular weight is 338 g/mol. The summed E-state index contributed by atoms with van der Waals surface area (Å²) in [5, 5.41) is 9.98. The Morgan fingerprint density at radius 1 is 1.32 bits per heavy atom. The normalized spacial score (nSPS) is 25.5. The number of ketones is 1. The molecule has 0 aliphatic heterocycles. The monoisotopic (exact) mass is 338 g/mol. The van der Waals surface area contributed by atoms with Crippen LogP contribution in [0.3, 0.4) is 0 Å². The maximum Gasteiger partial charge on any atom is 0.334 e. The van der Waals surface area contributed by atoms with E-state index in [1.807, 2.05) is 49.4 Å². The first-order valence-electron chi connectivity index (χ1n) is 8.53. The number of aliphatic hydroxyl groups is 1. The van der Waals surface area contributed by atoms with Gasteiger partial charge >= 0.3 is 5.97 Å². The molecule has 1 aromatic rings. The molecule has 1 N–H and O–H groups in total. The fourth-order valence-electron chi connectivity index (χ4n) is 3.86. The van der Waals surface area contributed by atoms with Crippen LogP contribution in [0.15, 0.2) is 59.7 Å². The van der Waals surface area contributed by atoms with Gasteiger partial charge in [0.15, 0.2) is 5.78 Å². The van der Waals surface area contributed by atoms with E-state index in [0.29, 0.717) is 17.6 Å². The summed E-state index contributed by atoms with van der Waals surface area (Å²) in [6, 6.07) is 9.43. The second-order valence-corrected chi connectivity index (χ2v) is 6.48. The van der Waals surface area contributed by atoms with Crippen molar-refractivity contribution in [2.45, 2.75) is 20.3 Å². The molecule has 130 valence electrons. The van der Waals surface area contributed by atoms with Crippen molar-refractivity contribution in [3.05, 3.63) is 65.3 Å². The van der Waals surface area contributed by atoms with Crippen molar-refractivity contribution < 1.29 is 19.4 Å². The molecule has 0 fully saturated rings. The predicted octanol–water partition coefficient (Wildman–Crippen LogP) is 3.09. The lowest BCUT2D eigenvalue weighted by Gasteiger charge is -2.34. The number of hydrogen-bond acceptors (Lipinski definition) is 4. The Bertz CT molecular complexity index is 785. The summed E-state index contributed by atoms with van der Waals surface area (Å²) in [7, 11) is 0. The number of aliphatic hydroxyl groups excluding tert-OH is 1. The van der Waals surface area contributed by atoms with Crippen LogP contribution >= 0.6 is 0 Å². The third kappa shape index (κ3) is 2.76. The first-order valence-corrected chi connectivity index (χ1v) is 8.53. The highest BCUT2D eigenvalue weighted by Crippen LogP contribution is 2.55. The summed E-state index contributed by atoms with van der Waals surface area (Å²) in [6.45, 7) is 3.71. The molecule has 0 bridgehead atoms. The van der Waals surface area contributed by atoms with Crippen LogP contribution < -0.4 is 0 Å². The number of carbonyl (C=O) groups excluding carboxylic acids is 2. The van der Waals surface area contributed by atoms with E-state index < -0.39 is 11.4 Å². The van der Waals surface area contributed by atoms with Crippen LogP contribution in [0.25, 0.3) is 5.57 Å². The quantitative estimate of drug-likeness (QED) is 0.857. The van der Waals surface area contributed by atoms with Gasteiger partial charge in [0.25, 0.3) is 0 Å². The SMILES string of the molecule is CCOC(=O)C1=C(c2ccccc2)[C@]2(C=CC(C)=CC2=O)[C@@H](CO)C1. The summed E-state index contributed by atoms with van der Waals surface area (Å²) in [5.41, 5.74) is 1.81. The molecule has 0 saturated carbocycles. The van der Waals surface area contributed by atoms with Crippen molar-refractivity contribution in [1.82, 2.24) is 0 Å². The van der Waals surface area contributed by atoms with Gasteiger partial charge in [0.2, 0.25) is 0 Å². The maximum absolute atomic E-state index is 13.1. The van der Waals surface area contributed by atoms with Crippen molar-refractivity contribution >= 4 is 17.3 Å². The Morgan fingerprint density at radius 2 is 2.04 bits per heavy atom. The number of benzene rings is 1. The van der Waals surface area contributed by atoms with E-state index in [1.165, 1.54) is 0 Å². The van der Waals surface area contributed by atoms with Crippen LogP contribution in [-0.2, 0) is 14.3 Å². The van der Waals surface area contributed by atoms with Crippen LogP contribution in [0.4, 0.5) is 0 Å². The molecule has 25 heavy (non-hydrogen) atoms. The Morgan fingerprint density at radius 3 is 2.64 bits per heavy atom. The van der Waals surface area contributed by atoms with E-state index in [0.717, 1.165) is 11.1 Å². The minimum absolute atomic E-state index is 0.0929. The number of carbonyl (C=O) groups is 2. The van der Waals surface area contributed by atoms with Gasteiger partial charge in [0.1, 0.15) is 0 Å². The van der Waals surface area contributed by atoms with Gasteiger partial charge in [-0.15, -0.1) is 0 Å². The third-order valence-electron chi connectivity index (χ3n) is 4.99. The molecular weight excluding hydrogens is 316 g/mol. The van der Waals surface area contributed by atoms with Gasteiger partial charge in [-0.2, -0.15) is 0 Å². The molecule has 1 aromatic carbocycles. The zero-order chi connectivity index (χ0) is 18.0. The molecule has 0 unspecified atom stereocenters. The van der Waals surface area contributed by atoms with Crippen LogP contribution in [0, 0.1) is 11.3 Å². The molecule has 1 spiro atoms. The second kappa shape index (κ2) is 6.81. The van der Waals surface area contributed by atoms with Gasteiger partial charge < -0.3 is 9.84 Å². The molecular formula is C21H22O4. The van der Waals surface area contributed by atoms with E-state index >= 15 is 0 Å². The average Bonchev–Trinajstić information content (AvgIpc) is 2.95. The van der Waals surface area contributed by atoms with Crippen LogP contribution in [0.2, 0.25) is 0 Å². The zero-order valence-electron chi connectivity index (χ0n) is 14.5. The van der Waals surface area contributed by atoms with Crippen molar-refractivity contribution in [3.8, 4) is 0 Å². The predicted molar refractivity (Wildman–Crippen MR) is 95.5 cm³/mol. The number of hydrogen-bond donors (Lipinski definition) is 1. The number of esters is 1. The molecule has 0 aromatic heterocycles. The summed E-state index contributed by atoms with van der Waals surface area (Å²) in [6.07, 6.45) is 5.66. The van der Waals surface area contributed by atoms with E-state index in [-0.39, 0.29) is 24.9 Å². The molecule has 2 aliphatic rings. The molecule has 0 heterocycles. The largest absolute Gasteiger partial charge is 0.463 e. The van der Waals surface area contributed by atoms with Gasteiger partial charge in [-0.25, -0.2) is 4.79 Å². The summed E-state index contributed by atoms with van der Waals surface area (Å²) in [4.78, 5) is 25.7. The maximum atomic E-state index is 13.1. The van der Waals surface area contributed by atoms with Crippen molar-refractivity contribution in [1.29, 1.82) is 0 Å². The molecule has 3 rings (SSSR count). The fraction of sp³-hybridized carbons (Fsp3) is 0.333. The zero-order valence-corrected chi connectivity index (χ0v) is 14.5. The molecule has 0 amide bonds. The minimum Gasteiger partial charge on any atom is -0.463 e. The summed E-state index contributed by atoms with van der Waals surface area (Å²) < 4.78 is 5.23. The van der Waals surface area contributed by atoms with E-state index in [9.17, 15) is 14.7 Å².